The highest BCUT2D eigenvalue weighted by Crippen LogP contribution is 2.39. The van der Waals surface area contributed by atoms with Crippen molar-refractivity contribution in [3.8, 4) is 11.5 Å². The highest BCUT2D eigenvalue weighted by Gasteiger charge is 2.23. The van der Waals surface area contributed by atoms with Crippen LogP contribution in [0.15, 0.2) is 49.1 Å². The summed E-state index contributed by atoms with van der Waals surface area (Å²) >= 11 is 6.36. The maximum atomic E-state index is 12.3. The smallest absolute Gasteiger partial charge is 0.256 e. The molecule has 2 aromatic carbocycles. The predicted octanol–water partition coefficient (Wildman–Crippen LogP) is 4.80. The minimum Gasteiger partial charge on any atom is -0.490 e. The molecule has 1 N–H and O–H groups in total. The molecule has 0 aromatic heterocycles. The molecule has 0 aliphatic carbocycles. The lowest BCUT2D eigenvalue weighted by atomic mass is 10.0. The number of para-hydroxylation sites is 1. The molecule has 25 heavy (non-hydrogen) atoms. The Labute approximate surface area is 151 Å². The van der Waals surface area contributed by atoms with Gasteiger partial charge in [-0.1, -0.05) is 42.5 Å². The summed E-state index contributed by atoms with van der Waals surface area (Å²) in [5.41, 5.74) is 3.03. The molecule has 0 spiro atoms. The number of rotatable bonds is 6. The summed E-state index contributed by atoms with van der Waals surface area (Å²) in [5.74, 6) is 0.875. The van der Waals surface area contributed by atoms with Crippen LogP contribution in [-0.4, -0.2) is 19.1 Å². The molecule has 0 fully saturated rings. The Kier molecular flexibility index (Phi) is 5.10. The van der Waals surface area contributed by atoms with Gasteiger partial charge in [-0.15, -0.1) is 0 Å². The maximum Gasteiger partial charge on any atom is 0.256 e. The molecule has 1 amide bonds. The highest BCUT2D eigenvalue weighted by atomic mass is 35.5. The average Bonchev–Trinajstić information content (AvgIpc) is 2.90. The third-order valence-corrected chi connectivity index (χ3v) is 3.98. The molecule has 128 valence electrons. The number of amides is 1. The Balaban J connectivity index is 2.03. The van der Waals surface area contributed by atoms with Crippen LogP contribution < -0.4 is 14.8 Å². The number of carbonyl (C=O) groups excluding carboxylic acids is 1. The lowest BCUT2D eigenvalue weighted by Gasteiger charge is -2.13. The second kappa shape index (κ2) is 7.45. The summed E-state index contributed by atoms with van der Waals surface area (Å²) in [4.78, 5) is 12.3. The number of carbonyl (C=O) groups is 1. The average molecular weight is 356 g/mol. The third kappa shape index (κ3) is 3.54. The van der Waals surface area contributed by atoms with Crippen molar-refractivity contribution in [3.05, 3.63) is 65.2 Å². The predicted molar refractivity (Wildman–Crippen MR) is 101 cm³/mol. The van der Waals surface area contributed by atoms with Crippen molar-refractivity contribution in [2.45, 2.75) is 6.92 Å². The van der Waals surface area contributed by atoms with Crippen LogP contribution in [0.3, 0.4) is 0 Å². The fourth-order valence-electron chi connectivity index (χ4n) is 2.67. The van der Waals surface area contributed by atoms with Crippen LogP contribution in [0.2, 0.25) is 5.02 Å². The number of hydrogen-bond acceptors (Lipinski definition) is 3. The van der Waals surface area contributed by atoms with Gasteiger partial charge in [0.05, 0.1) is 11.6 Å². The van der Waals surface area contributed by atoms with Gasteiger partial charge in [0.15, 0.2) is 11.5 Å². The van der Waals surface area contributed by atoms with E-state index in [2.05, 4.69) is 11.9 Å². The molecule has 1 aliphatic heterocycles. The number of hydrogen-bond donors (Lipinski definition) is 1. The summed E-state index contributed by atoms with van der Waals surface area (Å²) < 4.78 is 11.2. The number of anilines is 1. The lowest BCUT2D eigenvalue weighted by molar-refractivity contribution is -0.110. The standard InChI is InChI=1S/C20H18ClNO3/c1-3-9-25-19-16(21)11-13(12-18(19)24-4-2)10-15-14-7-5-6-8-17(14)22-20(15)23/h3,5-8,10-12H,1,4,9H2,2H3,(H,22,23)/b15-10-. The minimum atomic E-state index is -0.137. The monoisotopic (exact) mass is 355 g/mol. The van der Waals surface area contributed by atoms with Gasteiger partial charge in [-0.25, -0.2) is 0 Å². The topological polar surface area (TPSA) is 47.6 Å². The number of nitrogens with one attached hydrogen (secondary N) is 1. The zero-order valence-corrected chi connectivity index (χ0v) is 14.6. The van der Waals surface area contributed by atoms with Crippen LogP contribution in [0, 0.1) is 0 Å². The van der Waals surface area contributed by atoms with E-state index in [-0.39, 0.29) is 5.91 Å². The Morgan fingerprint density at radius 2 is 2.04 bits per heavy atom. The number of fused-ring (bicyclic) bond motifs is 1. The molecular formula is C20H18ClNO3. The second-order valence-electron chi connectivity index (χ2n) is 5.42. The fraction of sp³-hybridized carbons (Fsp3) is 0.150. The van der Waals surface area contributed by atoms with Crippen molar-refractivity contribution in [3.63, 3.8) is 0 Å². The van der Waals surface area contributed by atoms with Crippen molar-refractivity contribution in [2.75, 3.05) is 18.5 Å². The molecule has 5 heteroatoms. The number of benzene rings is 2. The van der Waals surface area contributed by atoms with Gasteiger partial charge in [-0.2, -0.15) is 0 Å². The first-order valence-corrected chi connectivity index (χ1v) is 8.34. The van der Waals surface area contributed by atoms with E-state index in [0.717, 1.165) is 16.8 Å². The zero-order valence-electron chi connectivity index (χ0n) is 13.8. The Morgan fingerprint density at radius 3 is 2.80 bits per heavy atom. The summed E-state index contributed by atoms with van der Waals surface area (Å²) in [5, 5.41) is 3.28. The lowest BCUT2D eigenvalue weighted by Crippen LogP contribution is -2.04. The third-order valence-electron chi connectivity index (χ3n) is 3.70. The molecule has 0 bridgehead atoms. The molecule has 1 aliphatic rings. The van der Waals surface area contributed by atoms with Gasteiger partial charge < -0.3 is 14.8 Å². The van der Waals surface area contributed by atoms with Gasteiger partial charge in [-0.05, 0) is 36.8 Å². The quantitative estimate of drug-likeness (QED) is 0.598. The van der Waals surface area contributed by atoms with E-state index in [1.807, 2.05) is 37.3 Å². The largest absolute Gasteiger partial charge is 0.490 e. The van der Waals surface area contributed by atoms with E-state index in [9.17, 15) is 4.79 Å². The van der Waals surface area contributed by atoms with Crippen molar-refractivity contribution in [2.24, 2.45) is 0 Å². The molecule has 0 radical (unpaired) electrons. The summed E-state index contributed by atoms with van der Waals surface area (Å²) in [6, 6.07) is 11.1. The summed E-state index contributed by atoms with van der Waals surface area (Å²) in [7, 11) is 0. The molecule has 3 rings (SSSR count). The van der Waals surface area contributed by atoms with Crippen molar-refractivity contribution in [1.29, 1.82) is 0 Å². The summed E-state index contributed by atoms with van der Waals surface area (Å²) in [6.45, 7) is 6.33. The first-order chi connectivity index (χ1) is 12.1. The minimum absolute atomic E-state index is 0.137. The Hall–Kier alpha value is -2.72. The highest BCUT2D eigenvalue weighted by molar-refractivity contribution is 6.35. The van der Waals surface area contributed by atoms with E-state index in [1.54, 1.807) is 18.2 Å². The van der Waals surface area contributed by atoms with Gasteiger partial charge in [0.1, 0.15) is 6.61 Å². The van der Waals surface area contributed by atoms with E-state index < -0.39 is 0 Å². The Bertz CT molecular complexity index is 858. The molecule has 4 nitrogen and oxygen atoms in total. The SMILES string of the molecule is C=CCOc1c(Cl)cc(/C=C2\C(=O)Nc3ccccc32)cc1OCC. The second-order valence-corrected chi connectivity index (χ2v) is 5.83. The van der Waals surface area contributed by atoms with Crippen molar-refractivity contribution < 1.29 is 14.3 Å². The molecule has 0 saturated carbocycles. The summed E-state index contributed by atoms with van der Waals surface area (Å²) in [6.07, 6.45) is 3.44. The van der Waals surface area contributed by atoms with E-state index in [0.29, 0.717) is 35.3 Å². The van der Waals surface area contributed by atoms with Crippen LogP contribution in [-0.2, 0) is 4.79 Å². The Morgan fingerprint density at radius 1 is 1.24 bits per heavy atom. The van der Waals surface area contributed by atoms with Gasteiger partial charge in [0, 0.05) is 16.8 Å². The first kappa shape index (κ1) is 17.1. The molecule has 1 heterocycles. The van der Waals surface area contributed by atoms with Crippen LogP contribution in [0.4, 0.5) is 5.69 Å². The van der Waals surface area contributed by atoms with E-state index in [1.165, 1.54) is 0 Å². The van der Waals surface area contributed by atoms with Gasteiger partial charge in [-0.3, -0.25) is 4.79 Å². The zero-order chi connectivity index (χ0) is 17.8. The van der Waals surface area contributed by atoms with Crippen LogP contribution in [0.1, 0.15) is 18.1 Å². The maximum absolute atomic E-state index is 12.3. The van der Waals surface area contributed by atoms with Crippen LogP contribution in [0.5, 0.6) is 11.5 Å². The molecule has 0 atom stereocenters. The van der Waals surface area contributed by atoms with Crippen LogP contribution >= 0.6 is 11.6 Å². The molecule has 0 unspecified atom stereocenters. The van der Waals surface area contributed by atoms with Gasteiger partial charge in [0.2, 0.25) is 0 Å². The van der Waals surface area contributed by atoms with Crippen molar-refractivity contribution >= 4 is 34.8 Å². The molecule has 2 aromatic rings. The number of halogens is 1. The van der Waals surface area contributed by atoms with Gasteiger partial charge in [0.25, 0.3) is 5.91 Å². The molecule has 0 saturated heterocycles. The fourth-order valence-corrected chi connectivity index (χ4v) is 2.94. The van der Waals surface area contributed by atoms with Crippen molar-refractivity contribution in [1.82, 2.24) is 0 Å². The van der Waals surface area contributed by atoms with E-state index in [4.69, 9.17) is 21.1 Å². The normalized spacial score (nSPS) is 14.2. The molecular weight excluding hydrogens is 338 g/mol. The number of ether oxygens (including phenoxy) is 2. The van der Waals surface area contributed by atoms with E-state index >= 15 is 0 Å². The first-order valence-electron chi connectivity index (χ1n) is 7.96. The van der Waals surface area contributed by atoms with Gasteiger partial charge >= 0.3 is 0 Å². The van der Waals surface area contributed by atoms with Crippen LogP contribution in [0.25, 0.3) is 11.6 Å².